The molecule has 1 aromatic carbocycles. The van der Waals surface area contributed by atoms with Crippen molar-refractivity contribution in [1.29, 1.82) is 0 Å². The third kappa shape index (κ3) is 3.38. The SMILES string of the molecule is CC1(C(=O)N[C@@H](Cc2ccccc2)C(=O)O)CCCC1. The monoisotopic (exact) mass is 275 g/mol. The van der Waals surface area contributed by atoms with Crippen molar-refractivity contribution in [2.45, 2.75) is 45.1 Å². The van der Waals surface area contributed by atoms with Crippen LogP contribution in [-0.4, -0.2) is 23.0 Å². The minimum atomic E-state index is -0.983. The van der Waals surface area contributed by atoms with Crippen LogP contribution in [0.3, 0.4) is 0 Å². The Bertz CT molecular complexity index is 478. The number of hydrogen-bond donors (Lipinski definition) is 2. The van der Waals surface area contributed by atoms with E-state index in [1.54, 1.807) is 0 Å². The fourth-order valence-electron chi connectivity index (χ4n) is 2.76. The average Bonchev–Trinajstić information content (AvgIpc) is 2.87. The molecule has 0 radical (unpaired) electrons. The van der Waals surface area contributed by atoms with Gasteiger partial charge in [0.05, 0.1) is 0 Å². The molecule has 0 unspecified atom stereocenters. The first kappa shape index (κ1) is 14.6. The van der Waals surface area contributed by atoms with Crippen molar-refractivity contribution in [3.8, 4) is 0 Å². The Labute approximate surface area is 119 Å². The number of aliphatic carboxylic acids is 1. The summed E-state index contributed by atoms with van der Waals surface area (Å²) in [4.78, 5) is 23.6. The molecule has 0 saturated heterocycles. The number of nitrogens with one attached hydrogen (secondary N) is 1. The molecule has 4 nitrogen and oxygen atoms in total. The molecule has 0 aromatic heterocycles. The standard InChI is InChI=1S/C16H21NO3/c1-16(9-5-6-10-16)15(20)17-13(14(18)19)11-12-7-3-2-4-8-12/h2-4,7-8,13H,5-6,9-11H2,1H3,(H,17,20)(H,18,19)/t13-/m0/s1. The lowest BCUT2D eigenvalue weighted by Crippen LogP contribution is -2.47. The van der Waals surface area contributed by atoms with Crippen LogP contribution >= 0.6 is 0 Å². The van der Waals surface area contributed by atoms with Crippen LogP contribution in [0.15, 0.2) is 30.3 Å². The van der Waals surface area contributed by atoms with E-state index in [1.165, 1.54) is 0 Å². The minimum absolute atomic E-state index is 0.127. The van der Waals surface area contributed by atoms with Gasteiger partial charge in [0.2, 0.25) is 5.91 Å². The molecule has 0 bridgehead atoms. The van der Waals surface area contributed by atoms with E-state index in [-0.39, 0.29) is 5.91 Å². The van der Waals surface area contributed by atoms with Gasteiger partial charge in [0.15, 0.2) is 0 Å². The predicted molar refractivity (Wildman–Crippen MR) is 76.3 cm³/mol. The number of amides is 1. The van der Waals surface area contributed by atoms with Crippen LogP contribution in [0.2, 0.25) is 0 Å². The largest absolute Gasteiger partial charge is 0.480 e. The van der Waals surface area contributed by atoms with E-state index in [0.29, 0.717) is 6.42 Å². The van der Waals surface area contributed by atoms with Crippen LogP contribution in [-0.2, 0) is 16.0 Å². The summed E-state index contributed by atoms with van der Waals surface area (Å²) in [7, 11) is 0. The van der Waals surface area contributed by atoms with Gasteiger partial charge in [-0.05, 0) is 18.4 Å². The molecular weight excluding hydrogens is 254 g/mol. The highest BCUT2D eigenvalue weighted by Gasteiger charge is 2.37. The summed E-state index contributed by atoms with van der Waals surface area (Å²) in [5, 5.41) is 12.0. The number of carbonyl (C=O) groups excluding carboxylic acids is 1. The van der Waals surface area contributed by atoms with E-state index >= 15 is 0 Å². The molecule has 1 aromatic rings. The van der Waals surface area contributed by atoms with Gasteiger partial charge in [0.1, 0.15) is 6.04 Å². The summed E-state index contributed by atoms with van der Waals surface area (Å²) in [6.07, 6.45) is 4.09. The Morgan fingerprint density at radius 1 is 1.25 bits per heavy atom. The summed E-state index contributed by atoms with van der Waals surface area (Å²) in [5.41, 5.74) is 0.515. The van der Waals surface area contributed by atoms with Gasteiger partial charge in [0.25, 0.3) is 0 Å². The van der Waals surface area contributed by atoms with Crippen molar-refractivity contribution in [1.82, 2.24) is 5.32 Å². The minimum Gasteiger partial charge on any atom is -0.480 e. The Morgan fingerprint density at radius 3 is 2.40 bits per heavy atom. The fraction of sp³-hybridized carbons (Fsp3) is 0.500. The molecule has 0 spiro atoms. The summed E-state index contributed by atoms with van der Waals surface area (Å²) < 4.78 is 0. The molecule has 1 fully saturated rings. The summed E-state index contributed by atoms with van der Waals surface area (Å²) >= 11 is 0. The molecule has 1 aliphatic rings. The van der Waals surface area contributed by atoms with Crippen LogP contribution in [0, 0.1) is 5.41 Å². The first-order valence-electron chi connectivity index (χ1n) is 7.09. The Hall–Kier alpha value is -1.84. The highest BCUT2D eigenvalue weighted by atomic mass is 16.4. The van der Waals surface area contributed by atoms with Crippen molar-refractivity contribution < 1.29 is 14.7 Å². The Kier molecular flexibility index (Phi) is 4.42. The van der Waals surface area contributed by atoms with Crippen molar-refractivity contribution in [2.24, 2.45) is 5.41 Å². The van der Waals surface area contributed by atoms with E-state index in [4.69, 9.17) is 0 Å². The zero-order valence-corrected chi connectivity index (χ0v) is 11.8. The quantitative estimate of drug-likeness (QED) is 0.867. The molecule has 1 atom stereocenters. The highest BCUT2D eigenvalue weighted by Crippen LogP contribution is 2.37. The molecule has 4 heteroatoms. The molecule has 1 amide bonds. The van der Waals surface area contributed by atoms with Gasteiger partial charge in [-0.2, -0.15) is 0 Å². The normalized spacial score (nSPS) is 18.4. The third-order valence-corrected chi connectivity index (χ3v) is 4.14. The van der Waals surface area contributed by atoms with E-state index in [9.17, 15) is 14.7 Å². The molecular formula is C16H21NO3. The van der Waals surface area contributed by atoms with Crippen molar-refractivity contribution in [3.63, 3.8) is 0 Å². The molecule has 20 heavy (non-hydrogen) atoms. The van der Waals surface area contributed by atoms with Crippen LogP contribution in [0.4, 0.5) is 0 Å². The lowest BCUT2D eigenvalue weighted by molar-refractivity contribution is -0.143. The molecule has 0 heterocycles. The van der Waals surface area contributed by atoms with E-state index < -0.39 is 17.4 Å². The molecule has 0 aliphatic heterocycles. The van der Waals surface area contributed by atoms with Gasteiger partial charge in [-0.25, -0.2) is 4.79 Å². The second-order valence-electron chi connectivity index (χ2n) is 5.82. The second kappa shape index (κ2) is 6.07. The number of carbonyl (C=O) groups is 2. The third-order valence-electron chi connectivity index (χ3n) is 4.14. The molecule has 1 saturated carbocycles. The van der Waals surface area contributed by atoms with E-state index in [2.05, 4.69) is 5.32 Å². The van der Waals surface area contributed by atoms with Gasteiger partial charge in [-0.1, -0.05) is 50.1 Å². The van der Waals surface area contributed by atoms with Gasteiger partial charge in [-0.3, -0.25) is 4.79 Å². The van der Waals surface area contributed by atoms with Crippen LogP contribution < -0.4 is 5.32 Å². The maximum absolute atomic E-state index is 12.3. The van der Waals surface area contributed by atoms with E-state index in [1.807, 2.05) is 37.3 Å². The molecule has 2 N–H and O–H groups in total. The fourth-order valence-corrected chi connectivity index (χ4v) is 2.76. The maximum atomic E-state index is 12.3. The Balaban J connectivity index is 2.02. The highest BCUT2D eigenvalue weighted by molar-refractivity contribution is 5.87. The zero-order chi connectivity index (χ0) is 14.6. The first-order valence-corrected chi connectivity index (χ1v) is 7.09. The summed E-state index contributed by atoms with van der Waals surface area (Å²) in [5.74, 6) is -1.11. The van der Waals surface area contributed by atoms with Gasteiger partial charge in [-0.15, -0.1) is 0 Å². The average molecular weight is 275 g/mol. The van der Waals surface area contributed by atoms with Crippen LogP contribution in [0.5, 0.6) is 0 Å². The number of rotatable bonds is 5. The Morgan fingerprint density at radius 2 is 1.85 bits per heavy atom. The first-order chi connectivity index (χ1) is 9.51. The number of carboxylic acid groups (broad SMARTS) is 1. The van der Waals surface area contributed by atoms with E-state index in [0.717, 1.165) is 31.2 Å². The van der Waals surface area contributed by atoms with Gasteiger partial charge >= 0.3 is 5.97 Å². The second-order valence-corrected chi connectivity index (χ2v) is 5.82. The van der Waals surface area contributed by atoms with Crippen molar-refractivity contribution >= 4 is 11.9 Å². The molecule has 108 valence electrons. The number of hydrogen-bond acceptors (Lipinski definition) is 2. The number of carboxylic acids is 1. The van der Waals surface area contributed by atoms with Crippen molar-refractivity contribution in [3.05, 3.63) is 35.9 Å². The summed E-state index contributed by atoms with van der Waals surface area (Å²) in [6, 6.07) is 8.51. The lowest BCUT2D eigenvalue weighted by atomic mass is 9.87. The molecule has 2 rings (SSSR count). The topological polar surface area (TPSA) is 66.4 Å². The summed E-state index contributed by atoms with van der Waals surface area (Å²) in [6.45, 7) is 1.93. The van der Waals surface area contributed by atoms with Crippen molar-refractivity contribution in [2.75, 3.05) is 0 Å². The zero-order valence-electron chi connectivity index (χ0n) is 11.8. The van der Waals surface area contributed by atoms with Gasteiger partial charge < -0.3 is 10.4 Å². The maximum Gasteiger partial charge on any atom is 0.326 e. The van der Waals surface area contributed by atoms with Crippen LogP contribution in [0.1, 0.15) is 38.2 Å². The van der Waals surface area contributed by atoms with Crippen LogP contribution in [0.25, 0.3) is 0 Å². The van der Waals surface area contributed by atoms with Gasteiger partial charge in [0, 0.05) is 11.8 Å². The number of benzene rings is 1. The lowest BCUT2D eigenvalue weighted by Gasteiger charge is -2.25. The smallest absolute Gasteiger partial charge is 0.326 e. The molecule has 1 aliphatic carbocycles. The predicted octanol–water partition coefficient (Wildman–Crippen LogP) is 2.38.